The molecule has 0 saturated heterocycles. The molecule has 0 aromatic rings. The van der Waals surface area contributed by atoms with Crippen molar-refractivity contribution in [2.75, 3.05) is 0 Å². The molecule has 0 aliphatic heterocycles. The van der Waals surface area contributed by atoms with Crippen molar-refractivity contribution >= 4 is 0 Å². The van der Waals surface area contributed by atoms with Gasteiger partial charge in [-0.3, -0.25) is 5.84 Å². The van der Waals surface area contributed by atoms with E-state index in [0.717, 1.165) is 6.42 Å². The lowest BCUT2D eigenvalue weighted by Crippen LogP contribution is -2.50. The van der Waals surface area contributed by atoms with Crippen molar-refractivity contribution in [3.8, 4) is 0 Å². The zero-order valence-electron chi connectivity index (χ0n) is 7.43. The van der Waals surface area contributed by atoms with Crippen molar-refractivity contribution in [2.24, 2.45) is 17.5 Å². The highest BCUT2D eigenvalue weighted by Crippen LogP contribution is 2.09. The van der Waals surface area contributed by atoms with E-state index >= 15 is 0 Å². The van der Waals surface area contributed by atoms with Gasteiger partial charge in [0.15, 0.2) is 0 Å². The Labute approximate surface area is 68.6 Å². The Bertz CT molecular complexity index is 76.5. The first-order valence-electron chi connectivity index (χ1n) is 4.17. The molecule has 0 saturated carbocycles. The van der Waals surface area contributed by atoms with E-state index in [-0.39, 0.29) is 6.17 Å². The lowest BCUT2D eigenvalue weighted by Gasteiger charge is -2.16. The smallest absolute Gasteiger partial charge is 0.0694 e. The molecule has 0 spiro atoms. The molecular formula is C7H20N4. The molecule has 68 valence electrons. The first-order chi connectivity index (χ1) is 5.20. The fourth-order valence-electron chi connectivity index (χ4n) is 1.21. The fraction of sp³-hybridized carbons (Fsp3) is 1.00. The number of nitrogens with one attached hydrogen (secondary N) is 2. The van der Waals surface area contributed by atoms with E-state index in [4.69, 9.17) is 11.6 Å². The van der Waals surface area contributed by atoms with Crippen LogP contribution in [0.5, 0.6) is 0 Å². The molecule has 2 atom stereocenters. The maximum absolute atomic E-state index is 5.66. The van der Waals surface area contributed by atoms with Gasteiger partial charge in [-0.05, 0) is 12.3 Å². The minimum absolute atomic E-state index is 0.0402. The lowest BCUT2D eigenvalue weighted by atomic mass is 10.0. The molecule has 0 radical (unpaired) electrons. The summed E-state index contributed by atoms with van der Waals surface area (Å²) < 4.78 is 0. The van der Waals surface area contributed by atoms with E-state index in [0.29, 0.717) is 5.92 Å². The summed E-state index contributed by atoms with van der Waals surface area (Å²) in [6.07, 6.45) is 3.35. The van der Waals surface area contributed by atoms with Gasteiger partial charge in [0.1, 0.15) is 0 Å². The second-order valence-electron chi connectivity index (χ2n) is 3.02. The van der Waals surface area contributed by atoms with Crippen molar-refractivity contribution in [2.45, 2.75) is 39.3 Å². The Balaban J connectivity index is 3.32. The summed E-state index contributed by atoms with van der Waals surface area (Å²) in [7, 11) is 0. The topological polar surface area (TPSA) is 76.1 Å². The predicted octanol–water partition coefficient (Wildman–Crippen LogP) is 0.0654. The van der Waals surface area contributed by atoms with Gasteiger partial charge in [-0.25, -0.2) is 5.43 Å². The van der Waals surface area contributed by atoms with E-state index in [1.54, 1.807) is 0 Å². The Hall–Kier alpha value is -0.160. The largest absolute Gasteiger partial charge is 0.315 e. The van der Waals surface area contributed by atoms with Crippen LogP contribution in [0.4, 0.5) is 0 Å². The number of nitrogens with two attached hydrogens (primary N) is 2. The maximum atomic E-state index is 5.66. The predicted molar refractivity (Wildman–Crippen MR) is 47.1 cm³/mol. The standard InChI is InChI=1S/C7H20N4/c1-3-4-6(2)5-7(8)10-11-9/h6-7,10-11H,3-5,8-9H2,1-2H3. The molecule has 0 rings (SSSR count). The highest BCUT2D eigenvalue weighted by atomic mass is 15.5. The summed E-state index contributed by atoms with van der Waals surface area (Å²) in [4.78, 5) is 0. The van der Waals surface area contributed by atoms with E-state index in [1.165, 1.54) is 12.8 Å². The van der Waals surface area contributed by atoms with E-state index < -0.39 is 0 Å². The van der Waals surface area contributed by atoms with E-state index in [2.05, 4.69) is 24.8 Å². The van der Waals surface area contributed by atoms with Crippen LogP contribution in [0.1, 0.15) is 33.1 Å². The van der Waals surface area contributed by atoms with Gasteiger partial charge in [0, 0.05) is 0 Å². The quantitative estimate of drug-likeness (QED) is 0.252. The third-order valence-corrected chi connectivity index (χ3v) is 1.71. The van der Waals surface area contributed by atoms with Crippen LogP contribution in [0, 0.1) is 5.92 Å². The van der Waals surface area contributed by atoms with Crippen LogP contribution in [0.15, 0.2) is 0 Å². The molecule has 0 aliphatic carbocycles. The molecule has 0 heterocycles. The zero-order valence-corrected chi connectivity index (χ0v) is 7.43. The minimum atomic E-state index is -0.0402. The average molecular weight is 160 g/mol. The number of hydrazine groups is 2. The van der Waals surface area contributed by atoms with Crippen molar-refractivity contribution in [3.63, 3.8) is 0 Å². The van der Waals surface area contributed by atoms with Crippen LogP contribution in [-0.4, -0.2) is 6.17 Å². The summed E-state index contributed by atoms with van der Waals surface area (Å²) in [5.74, 6) is 5.70. The highest BCUT2D eigenvalue weighted by Gasteiger charge is 2.06. The highest BCUT2D eigenvalue weighted by molar-refractivity contribution is 4.60. The Morgan fingerprint density at radius 3 is 2.55 bits per heavy atom. The van der Waals surface area contributed by atoms with Crippen molar-refractivity contribution in [3.05, 3.63) is 0 Å². The Morgan fingerprint density at radius 1 is 1.45 bits per heavy atom. The molecule has 0 aliphatic rings. The molecule has 6 N–H and O–H groups in total. The second kappa shape index (κ2) is 6.54. The van der Waals surface area contributed by atoms with Gasteiger partial charge in [-0.15, -0.1) is 0 Å². The van der Waals surface area contributed by atoms with Gasteiger partial charge >= 0.3 is 0 Å². The van der Waals surface area contributed by atoms with Crippen LogP contribution >= 0.6 is 0 Å². The van der Waals surface area contributed by atoms with Gasteiger partial charge in [0.25, 0.3) is 0 Å². The van der Waals surface area contributed by atoms with Gasteiger partial charge in [0.2, 0.25) is 0 Å². The summed E-state index contributed by atoms with van der Waals surface area (Å²) in [5, 5.41) is 0. The first-order valence-corrected chi connectivity index (χ1v) is 4.17. The van der Waals surface area contributed by atoms with E-state index in [1.807, 2.05) is 0 Å². The third kappa shape index (κ3) is 6.25. The molecule has 4 nitrogen and oxygen atoms in total. The normalized spacial score (nSPS) is 16.4. The van der Waals surface area contributed by atoms with Crippen molar-refractivity contribution in [1.82, 2.24) is 11.0 Å². The number of hydrogen-bond acceptors (Lipinski definition) is 4. The average Bonchev–Trinajstić information content (AvgIpc) is 1.87. The molecule has 2 unspecified atom stereocenters. The molecular weight excluding hydrogens is 140 g/mol. The molecule has 0 amide bonds. The Kier molecular flexibility index (Phi) is 6.45. The minimum Gasteiger partial charge on any atom is -0.315 e. The molecule has 0 aromatic heterocycles. The first kappa shape index (κ1) is 10.8. The van der Waals surface area contributed by atoms with Crippen LogP contribution in [0.3, 0.4) is 0 Å². The summed E-state index contributed by atoms with van der Waals surface area (Å²) in [5.41, 5.74) is 10.7. The van der Waals surface area contributed by atoms with Crippen LogP contribution in [0.2, 0.25) is 0 Å². The van der Waals surface area contributed by atoms with Gasteiger partial charge in [-0.1, -0.05) is 26.7 Å². The summed E-state index contributed by atoms with van der Waals surface area (Å²) in [6.45, 7) is 4.37. The third-order valence-electron chi connectivity index (χ3n) is 1.71. The SMILES string of the molecule is CCCC(C)CC(N)NNN. The molecule has 0 bridgehead atoms. The molecule has 11 heavy (non-hydrogen) atoms. The molecule has 4 heteroatoms. The number of rotatable bonds is 6. The van der Waals surface area contributed by atoms with Gasteiger partial charge in [0.05, 0.1) is 6.17 Å². The lowest BCUT2D eigenvalue weighted by molar-refractivity contribution is 0.356. The molecule has 0 fully saturated rings. The summed E-state index contributed by atoms with van der Waals surface area (Å²) in [6, 6.07) is 0. The van der Waals surface area contributed by atoms with Crippen LogP contribution in [0.25, 0.3) is 0 Å². The summed E-state index contributed by atoms with van der Waals surface area (Å²) >= 11 is 0. The van der Waals surface area contributed by atoms with Crippen molar-refractivity contribution < 1.29 is 0 Å². The van der Waals surface area contributed by atoms with Gasteiger partial charge in [-0.2, -0.15) is 5.53 Å². The van der Waals surface area contributed by atoms with Crippen molar-refractivity contribution in [1.29, 1.82) is 0 Å². The Morgan fingerprint density at radius 2 is 2.09 bits per heavy atom. The van der Waals surface area contributed by atoms with Crippen LogP contribution in [-0.2, 0) is 0 Å². The fourth-order valence-corrected chi connectivity index (χ4v) is 1.21. The molecule has 0 aromatic carbocycles. The number of hydrogen-bond donors (Lipinski definition) is 4. The van der Waals surface area contributed by atoms with E-state index in [9.17, 15) is 0 Å². The van der Waals surface area contributed by atoms with Crippen LogP contribution < -0.4 is 22.5 Å². The van der Waals surface area contributed by atoms with Gasteiger partial charge < -0.3 is 5.73 Å². The maximum Gasteiger partial charge on any atom is 0.0694 e. The zero-order chi connectivity index (χ0) is 8.69. The monoisotopic (exact) mass is 160 g/mol. The second-order valence-corrected chi connectivity index (χ2v) is 3.02.